The van der Waals surface area contributed by atoms with Gasteiger partial charge in [-0.05, 0) is 54.7 Å². The van der Waals surface area contributed by atoms with Gasteiger partial charge in [0.15, 0.2) is 5.58 Å². The fourth-order valence-electron chi connectivity index (χ4n) is 4.19. The van der Waals surface area contributed by atoms with Gasteiger partial charge in [0.1, 0.15) is 6.54 Å². The van der Waals surface area contributed by atoms with Gasteiger partial charge in [0.05, 0.1) is 10.4 Å². The summed E-state index contributed by atoms with van der Waals surface area (Å²) in [7, 11) is -3.72. The number of benzene rings is 2. The molecule has 0 saturated carbocycles. The Kier molecular flexibility index (Phi) is 6.15. The number of anilines is 1. The van der Waals surface area contributed by atoms with Crippen LogP contribution in [0.15, 0.2) is 56.6 Å². The minimum absolute atomic E-state index is 0.0674. The number of piperidine rings is 1. The molecule has 2 atom stereocenters. The van der Waals surface area contributed by atoms with Crippen LogP contribution in [-0.4, -0.2) is 36.3 Å². The van der Waals surface area contributed by atoms with Gasteiger partial charge in [-0.25, -0.2) is 13.2 Å². The number of carbonyl (C=O) groups is 1. The molecule has 1 aliphatic heterocycles. The SMILES string of the molecule is C[C@@H]1C[C@H](C)CN(S(=O)(=O)c2ccc3c(c2)oc(=O)n3CC(=O)Nc2ccc(Cl)cc2)C1. The molecule has 4 rings (SSSR count). The van der Waals surface area contributed by atoms with E-state index in [1.54, 1.807) is 24.3 Å². The molecule has 170 valence electrons. The summed E-state index contributed by atoms with van der Waals surface area (Å²) in [6, 6.07) is 10.9. The van der Waals surface area contributed by atoms with Gasteiger partial charge in [0.2, 0.25) is 15.9 Å². The highest BCUT2D eigenvalue weighted by molar-refractivity contribution is 7.89. The lowest BCUT2D eigenvalue weighted by Gasteiger charge is -2.34. The summed E-state index contributed by atoms with van der Waals surface area (Å²) >= 11 is 5.84. The third-order valence-corrected chi connectivity index (χ3v) is 7.62. The maximum absolute atomic E-state index is 13.1. The van der Waals surface area contributed by atoms with Gasteiger partial charge in [-0.15, -0.1) is 0 Å². The fraction of sp³-hybridized carbons (Fsp3) is 0.364. The number of sulfonamides is 1. The van der Waals surface area contributed by atoms with Crippen molar-refractivity contribution >= 4 is 44.3 Å². The number of hydrogen-bond acceptors (Lipinski definition) is 5. The zero-order valence-electron chi connectivity index (χ0n) is 17.7. The van der Waals surface area contributed by atoms with Crippen LogP contribution in [0.3, 0.4) is 0 Å². The minimum atomic E-state index is -3.72. The average molecular weight is 478 g/mol. The number of fused-ring (bicyclic) bond motifs is 1. The summed E-state index contributed by atoms with van der Waals surface area (Å²) in [4.78, 5) is 24.8. The fourth-order valence-corrected chi connectivity index (χ4v) is 6.01. The van der Waals surface area contributed by atoms with Gasteiger partial charge in [-0.3, -0.25) is 9.36 Å². The Hall–Kier alpha value is -2.62. The van der Waals surface area contributed by atoms with Gasteiger partial charge in [-0.2, -0.15) is 4.31 Å². The van der Waals surface area contributed by atoms with Gasteiger partial charge in [0, 0.05) is 29.9 Å². The largest absolute Gasteiger partial charge is 0.420 e. The van der Waals surface area contributed by atoms with Crippen molar-refractivity contribution in [1.82, 2.24) is 8.87 Å². The third-order valence-electron chi connectivity index (χ3n) is 5.54. The molecule has 0 radical (unpaired) electrons. The number of aromatic nitrogens is 1. The van der Waals surface area contributed by atoms with Crippen molar-refractivity contribution in [2.75, 3.05) is 18.4 Å². The van der Waals surface area contributed by atoms with E-state index in [0.717, 1.165) is 6.42 Å². The lowest BCUT2D eigenvalue weighted by molar-refractivity contribution is -0.116. The maximum Gasteiger partial charge on any atom is 0.420 e. The van der Waals surface area contributed by atoms with Crippen molar-refractivity contribution in [3.63, 3.8) is 0 Å². The molecular formula is C22H24ClN3O5S. The molecule has 0 aliphatic carbocycles. The molecule has 0 spiro atoms. The van der Waals surface area contributed by atoms with Gasteiger partial charge >= 0.3 is 5.76 Å². The van der Waals surface area contributed by atoms with Crippen LogP contribution in [0.2, 0.25) is 5.02 Å². The van der Waals surface area contributed by atoms with Crippen molar-refractivity contribution in [2.24, 2.45) is 11.8 Å². The number of nitrogens with one attached hydrogen (secondary N) is 1. The average Bonchev–Trinajstić information content (AvgIpc) is 3.03. The van der Waals surface area contributed by atoms with E-state index in [4.69, 9.17) is 16.0 Å². The summed E-state index contributed by atoms with van der Waals surface area (Å²) in [6.07, 6.45) is 0.987. The Morgan fingerprint density at radius 3 is 2.44 bits per heavy atom. The van der Waals surface area contributed by atoms with Crippen molar-refractivity contribution in [3.8, 4) is 0 Å². The van der Waals surface area contributed by atoms with Crippen LogP contribution >= 0.6 is 11.6 Å². The lowest BCUT2D eigenvalue weighted by Crippen LogP contribution is -2.42. The maximum atomic E-state index is 13.1. The van der Waals surface area contributed by atoms with E-state index in [1.165, 1.54) is 27.1 Å². The predicted octanol–water partition coefficient (Wildman–Crippen LogP) is 3.55. The van der Waals surface area contributed by atoms with Gasteiger partial charge in [-0.1, -0.05) is 25.4 Å². The zero-order chi connectivity index (χ0) is 23.0. The van der Waals surface area contributed by atoms with Crippen LogP contribution in [0.4, 0.5) is 5.69 Å². The molecule has 1 amide bonds. The Bertz CT molecular complexity index is 1300. The first kappa shape index (κ1) is 22.6. The summed E-state index contributed by atoms with van der Waals surface area (Å²) in [5, 5.41) is 3.23. The number of rotatable bonds is 5. The van der Waals surface area contributed by atoms with Crippen LogP contribution in [0.25, 0.3) is 11.1 Å². The number of halogens is 1. The predicted molar refractivity (Wildman–Crippen MR) is 122 cm³/mol. The van der Waals surface area contributed by atoms with Crippen LogP contribution < -0.4 is 11.1 Å². The summed E-state index contributed by atoms with van der Waals surface area (Å²) < 4.78 is 34.2. The first-order valence-electron chi connectivity index (χ1n) is 10.3. The topological polar surface area (TPSA) is 102 Å². The third kappa shape index (κ3) is 4.60. The molecule has 0 unspecified atom stereocenters. The highest BCUT2D eigenvalue weighted by Gasteiger charge is 2.32. The van der Waals surface area contributed by atoms with Crippen LogP contribution in [0.5, 0.6) is 0 Å². The van der Waals surface area contributed by atoms with Gasteiger partial charge in [0.25, 0.3) is 0 Å². The molecule has 2 aromatic carbocycles. The Labute approximate surface area is 190 Å². The van der Waals surface area contributed by atoms with E-state index in [1.807, 2.05) is 13.8 Å². The zero-order valence-corrected chi connectivity index (χ0v) is 19.3. The molecular weight excluding hydrogens is 454 g/mol. The summed E-state index contributed by atoms with van der Waals surface area (Å²) in [5.41, 5.74) is 1.01. The molecule has 0 bridgehead atoms. The van der Waals surface area contributed by atoms with Crippen molar-refractivity contribution in [3.05, 3.63) is 58.0 Å². The molecule has 1 fully saturated rings. The molecule has 10 heteroatoms. The first-order chi connectivity index (χ1) is 15.1. The monoisotopic (exact) mass is 477 g/mol. The van der Waals surface area contributed by atoms with E-state index < -0.39 is 21.7 Å². The standard InChI is InChI=1S/C22H24ClN3O5S/c1-14-9-15(2)12-25(11-14)32(29,30)18-7-8-19-20(10-18)31-22(28)26(19)13-21(27)24-17-5-3-16(23)4-6-17/h3-8,10,14-15H,9,11-13H2,1-2H3,(H,24,27)/t14-,15+. The molecule has 32 heavy (non-hydrogen) atoms. The summed E-state index contributed by atoms with van der Waals surface area (Å²) in [6.45, 7) is 4.72. The first-order valence-corrected chi connectivity index (χ1v) is 12.1. The molecule has 8 nitrogen and oxygen atoms in total. The Balaban J connectivity index is 1.58. The smallest absolute Gasteiger partial charge is 0.408 e. The van der Waals surface area contributed by atoms with E-state index in [0.29, 0.717) is 29.3 Å². The van der Waals surface area contributed by atoms with Crippen LogP contribution in [0, 0.1) is 11.8 Å². The van der Waals surface area contributed by atoms with Crippen LogP contribution in [0.1, 0.15) is 20.3 Å². The molecule has 2 heterocycles. The highest BCUT2D eigenvalue weighted by Crippen LogP contribution is 2.28. The summed E-state index contributed by atoms with van der Waals surface area (Å²) in [5.74, 6) is -0.614. The van der Waals surface area contributed by atoms with E-state index in [2.05, 4.69) is 5.32 Å². The number of amides is 1. The van der Waals surface area contributed by atoms with E-state index in [9.17, 15) is 18.0 Å². The van der Waals surface area contributed by atoms with E-state index >= 15 is 0 Å². The second-order valence-corrected chi connectivity index (χ2v) is 10.8. The van der Waals surface area contributed by atoms with Crippen molar-refractivity contribution in [2.45, 2.75) is 31.7 Å². The number of hydrogen-bond donors (Lipinski definition) is 1. The molecule has 1 aliphatic rings. The highest BCUT2D eigenvalue weighted by atomic mass is 35.5. The quantitative estimate of drug-likeness (QED) is 0.605. The Morgan fingerprint density at radius 1 is 1.12 bits per heavy atom. The number of carbonyl (C=O) groups excluding carboxylic acids is 1. The lowest BCUT2D eigenvalue weighted by atomic mass is 9.94. The second-order valence-electron chi connectivity index (χ2n) is 8.41. The van der Waals surface area contributed by atoms with E-state index in [-0.39, 0.29) is 28.9 Å². The molecule has 1 saturated heterocycles. The normalized spacial score (nSPS) is 19.8. The number of nitrogens with zero attached hydrogens (tertiary/aromatic N) is 2. The number of oxazole rings is 1. The second kappa shape index (κ2) is 8.73. The van der Waals surface area contributed by atoms with Crippen LogP contribution in [-0.2, 0) is 21.4 Å². The Morgan fingerprint density at radius 2 is 1.78 bits per heavy atom. The molecule has 3 aromatic rings. The molecule has 1 N–H and O–H groups in total. The van der Waals surface area contributed by atoms with Gasteiger partial charge < -0.3 is 9.73 Å². The minimum Gasteiger partial charge on any atom is -0.408 e. The van der Waals surface area contributed by atoms with Crippen molar-refractivity contribution in [1.29, 1.82) is 0 Å². The van der Waals surface area contributed by atoms with Crippen molar-refractivity contribution < 1.29 is 17.6 Å². The molecule has 1 aromatic heterocycles.